The molecule has 5 aliphatic heterocycles. The molecular formula is C48H67N7O13. The SMILES string of the molecule is C.COc1cc(N2CCN(C(=O)OC(C)(C)C)CC2)cc(CCC2CCC(=O)NC2=O)c1C(=O)O.COc1cc(N2CCN(C(=O)OC(C)(C)C)CC2)cc2c1C(=O)N(C1CCC(=O)NC1=O)C2. The van der Waals surface area contributed by atoms with Crippen LogP contribution in [-0.4, -0.2) is 151 Å². The van der Waals surface area contributed by atoms with Crippen LogP contribution >= 0.6 is 0 Å². The zero-order valence-corrected chi connectivity index (χ0v) is 39.7. The number of benzene rings is 2. The van der Waals surface area contributed by atoms with Gasteiger partial charge in [0.1, 0.15) is 34.3 Å². The quantitative estimate of drug-likeness (QED) is 0.292. The van der Waals surface area contributed by atoms with Gasteiger partial charge in [-0.15, -0.1) is 0 Å². The molecule has 372 valence electrons. The van der Waals surface area contributed by atoms with Crippen LogP contribution in [0.2, 0.25) is 0 Å². The molecule has 20 nitrogen and oxygen atoms in total. The van der Waals surface area contributed by atoms with Crippen LogP contribution in [0.25, 0.3) is 0 Å². The number of carbonyl (C=O) groups is 8. The number of methoxy groups -OCH3 is 2. The maximum atomic E-state index is 13.1. The molecule has 7 rings (SSSR count). The number of amides is 7. The molecular weight excluding hydrogens is 883 g/mol. The molecule has 20 heteroatoms. The third-order valence-corrected chi connectivity index (χ3v) is 12.1. The minimum absolute atomic E-state index is 0. The molecule has 0 spiro atoms. The van der Waals surface area contributed by atoms with Crippen molar-refractivity contribution in [1.29, 1.82) is 0 Å². The number of ether oxygens (including phenoxy) is 4. The number of aryl methyl sites for hydroxylation is 1. The summed E-state index contributed by atoms with van der Waals surface area (Å²) in [6, 6.07) is 6.62. The van der Waals surface area contributed by atoms with Gasteiger partial charge in [0, 0.05) is 101 Å². The van der Waals surface area contributed by atoms with E-state index in [0.717, 1.165) is 16.9 Å². The van der Waals surface area contributed by atoms with E-state index in [2.05, 4.69) is 20.4 Å². The number of hydrogen-bond donors (Lipinski definition) is 3. The third kappa shape index (κ3) is 12.7. The molecule has 0 aromatic heterocycles. The topological polar surface area (TPSA) is 234 Å². The van der Waals surface area contributed by atoms with E-state index in [1.807, 2.05) is 59.7 Å². The van der Waals surface area contributed by atoms with Crippen LogP contribution in [-0.2, 0) is 41.6 Å². The van der Waals surface area contributed by atoms with Crippen molar-refractivity contribution in [3.63, 3.8) is 0 Å². The van der Waals surface area contributed by atoms with Crippen molar-refractivity contribution in [2.45, 2.75) is 111 Å². The number of carbonyl (C=O) groups excluding carboxylic acids is 7. The van der Waals surface area contributed by atoms with Gasteiger partial charge in [0.05, 0.1) is 19.8 Å². The highest BCUT2D eigenvalue weighted by Gasteiger charge is 2.41. The van der Waals surface area contributed by atoms with Gasteiger partial charge in [-0.1, -0.05) is 7.43 Å². The molecule has 0 aliphatic carbocycles. The van der Waals surface area contributed by atoms with E-state index in [9.17, 15) is 43.5 Å². The van der Waals surface area contributed by atoms with Crippen LogP contribution in [0, 0.1) is 5.92 Å². The summed E-state index contributed by atoms with van der Waals surface area (Å²) in [5.74, 6) is -2.35. The molecule has 2 aromatic rings. The predicted molar refractivity (Wildman–Crippen MR) is 250 cm³/mol. The van der Waals surface area contributed by atoms with E-state index in [1.54, 1.807) is 15.9 Å². The first-order chi connectivity index (χ1) is 31.5. The summed E-state index contributed by atoms with van der Waals surface area (Å²) in [7, 11) is 2.94. The Hall–Kier alpha value is -6.60. The number of imide groups is 2. The van der Waals surface area contributed by atoms with Crippen LogP contribution in [0.15, 0.2) is 24.3 Å². The van der Waals surface area contributed by atoms with Crippen molar-refractivity contribution >= 4 is 59.1 Å². The highest BCUT2D eigenvalue weighted by atomic mass is 16.6. The lowest BCUT2D eigenvalue weighted by molar-refractivity contribution is -0.138. The number of aromatic carboxylic acids is 1. The number of carboxylic acids is 1. The van der Waals surface area contributed by atoms with Gasteiger partial charge in [-0.3, -0.25) is 34.6 Å². The summed E-state index contributed by atoms with van der Waals surface area (Å²) < 4.78 is 21.9. The standard InChI is InChI=1S/C24H33N3O7.C23H30N4O6.CH4/c1-24(2,3)34-23(32)27-11-9-26(10-12-27)17-13-16(20(22(30)31)18(14-17)33-4)6-5-15-7-8-19(28)25-21(15)29;1-23(2,3)33-22(31)26-9-7-25(8-10-26)15-11-14-13-27(16-5-6-18(28)24-20(16)29)21(30)19(14)17(12-15)32-4;/h13-15H,5-12H2,1-4H3,(H,30,31)(H,25,28,29);11-12,16H,5-10,13H2,1-4H3,(H,24,28,29);1H4. The van der Waals surface area contributed by atoms with Crippen molar-refractivity contribution in [3.8, 4) is 11.5 Å². The van der Waals surface area contributed by atoms with Crippen molar-refractivity contribution in [3.05, 3.63) is 46.5 Å². The molecule has 68 heavy (non-hydrogen) atoms. The molecule has 0 radical (unpaired) electrons. The van der Waals surface area contributed by atoms with Gasteiger partial charge >= 0.3 is 18.2 Å². The van der Waals surface area contributed by atoms with E-state index in [4.69, 9.17) is 18.9 Å². The van der Waals surface area contributed by atoms with Crippen molar-refractivity contribution < 1.29 is 62.4 Å². The van der Waals surface area contributed by atoms with Crippen LogP contribution in [0.1, 0.15) is 113 Å². The van der Waals surface area contributed by atoms with Crippen molar-refractivity contribution in [1.82, 2.24) is 25.3 Å². The smallest absolute Gasteiger partial charge is 0.410 e. The average Bonchev–Trinajstić information content (AvgIpc) is 3.59. The van der Waals surface area contributed by atoms with Gasteiger partial charge in [0.25, 0.3) is 5.91 Å². The summed E-state index contributed by atoms with van der Waals surface area (Å²) in [5, 5.41) is 14.5. The van der Waals surface area contributed by atoms with Gasteiger partial charge in [-0.2, -0.15) is 0 Å². The molecule has 4 fully saturated rings. The zero-order valence-electron chi connectivity index (χ0n) is 39.7. The number of carboxylic acid groups (broad SMARTS) is 1. The fraction of sp³-hybridized carbons (Fsp3) is 0.583. The molecule has 0 bridgehead atoms. The normalized spacial score (nSPS) is 19.8. The molecule has 2 aromatic carbocycles. The minimum atomic E-state index is -1.10. The second-order valence-corrected chi connectivity index (χ2v) is 19.2. The largest absolute Gasteiger partial charge is 0.496 e. The summed E-state index contributed by atoms with van der Waals surface area (Å²) >= 11 is 0. The second kappa shape index (κ2) is 21.6. The maximum absolute atomic E-state index is 13.1. The lowest BCUT2D eigenvalue weighted by Crippen LogP contribution is -2.52. The van der Waals surface area contributed by atoms with E-state index >= 15 is 0 Å². The van der Waals surface area contributed by atoms with E-state index in [0.29, 0.717) is 94.9 Å². The number of piperazine rings is 2. The zero-order chi connectivity index (χ0) is 49.0. The monoisotopic (exact) mass is 949 g/mol. The lowest BCUT2D eigenvalue weighted by atomic mass is 9.90. The number of anilines is 2. The molecule has 5 aliphatic rings. The minimum Gasteiger partial charge on any atom is -0.496 e. The number of nitrogens with zero attached hydrogens (tertiary/aromatic N) is 5. The van der Waals surface area contributed by atoms with Gasteiger partial charge in [0.2, 0.25) is 23.6 Å². The second-order valence-electron chi connectivity index (χ2n) is 19.2. The first-order valence-corrected chi connectivity index (χ1v) is 22.6. The van der Waals surface area contributed by atoms with Crippen LogP contribution < -0.4 is 29.9 Å². The Bertz CT molecular complexity index is 2270. The van der Waals surface area contributed by atoms with Crippen LogP contribution in [0.5, 0.6) is 11.5 Å². The highest BCUT2D eigenvalue weighted by Crippen LogP contribution is 2.38. The Kier molecular flexibility index (Phi) is 16.6. The molecule has 2 atom stereocenters. The van der Waals surface area contributed by atoms with Crippen LogP contribution in [0.3, 0.4) is 0 Å². The first kappa shape index (κ1) is 52.4. The number of fused-ring (bicyclic) bond motifs is 1. The Morgan fingerprint density at radius 3 is 1.63 bits per heavy atom. The maximum Gasteiger partial charge on any atom is 0.410 e. The van der Waals surface area contributed by atoms with Gasteiger partial charge in [-0.25, -0.2) is 14.4 Å². The summed E-state index contributed by atoms with van der Waals surface area (Å²) in [4.78, 5) is 106. The van der Waals surface area contributed by atoms with Gasteiger partial charge in [-0.05, 0) is 90.5 Å². The van der Waals surface area contributed by atoms with E-state index in [1.165, 1.54) is 19.1 Å². The Morgan fingerprint density at radius 1 is 0.676 bits per heavy atom. The molecule has 2 unspecified atom stereocenters. The summed E-state index contributed by atoms with van der Waals surface area (Å²) in [6.07, 6.45) is 1.38. The lowest BCUT2D eigenvalue weighted by Gasteiger charge is -2.37. The van der Waals surface area contributed by atoms with Crippen molar-refractivity contribution in [2.24, 2.45) is 5.92 Å². The predicted octanol–water partition coefficient (Wildman–Crippen LogP) is 4.59. The van der Waals surface area contributed by atoms with Gasteiger partial charge in [0.15, 0.2) is 0 Å². The molecule has 5 heterocycles. The summed E-state index contributed by atoms with van der Waals surface area (Å²) in [6.45, 7) is 15.6. The average molecular weight is 950 g/mol. The van der Waals surface area contributed by atoms with Crippen molar-refractivity contribution in [2.75, 3.05) is 76.4 Å². The fourth-order valence-corrected chi connectivity index (χ4v) is 8.73. The molecule has 0 saturated carbocycles. The van der Waals surface area contributed by atoms with Crippen LogP contribution in [0.4, 0.5) is 21.0 Å². The Balaban J connectivity index is 0.000000250. The number of hydrogen-bond acceptors (Lipinski definition) is 14. The highest BCUT2D eigenvalue weighted by molar-refractivity contribution is 6.07. The molecule has 3 N–H and O–H groups in total. The number of rotatable bonds is 9. The van der Waals surface area contributed by atoms with E-state index in [-0.39, 0.29) is 79.9 Å². The van der Waals surface area contributed by atoms with E-state index < -0.39 is 29.1 Å². The van der Waals surface area contributed by atoms with Gasteiger partial charge < -0.3 is 48.6 Å². The Labute approximate surface area is 397 Å². The number of nitrogens with one attached hydrogen (secondary N) is 2. The fourth-order valence-electron chi connectivity index (χ4n) is 8.73. The molecule has 4 saturated heterocycles. The third-order valence-electron chi connectivity index (χ3n) is 12.1. The Morgan fingerprint density at radius 2 is 1.16 bits per heavy atom. The first-order valence-electron chi connectivity index (χ1n) is 22.6. The molecule has 7 amide bonds. The number of piperidine rings is 2. The summed E-state index contributed by atoms with van der Waals surface area (Å²) in [5.41, 5.74) is 2.48.